The number of esters is 1. The van der Waals surface area contributed by atoms with E-state index in [0.717, 1.165) is 11.4 Å². The first kappa shape index (κ1) is 17.5. The maximum absolute atomic E-state index is 12.0. The summed E-state index contributed by atoms with van der Waals surface area (Å²) in [7, 11) is 0. The average Bonchev–Trinajstić information content (AvgIpc) is 2.97. The van der Waals surface area contributed by atoms with Gasteiger partial charge in [0.25, 0.3) is 0 Å². The number of thiazole rings is 1. The number of para-hydroxylation sites is 1. The van der Waals surface area contributed by atoms with Crippen molar-refractivity contribution < 1.29 is 14.3 Å². The van der Waals surface area contributed by atoms with Crippen LogP contribution in [0.3, 0.4) is 0 Å². The minimum absolute atomic E-state index is 0.0868. The fraction of sp³-hybridized carbons (Fsp3) is 0.312. The predicted octanol–water partition coefficient (Wildman–Crippen LogP) is 3.62. The number of carbonyl (C=O) groups is 2. The van der Waals surface area contributed by atoms with Crippen molar-refractivity contribution in [1.29, 1.82) is 0 Å². The number of nitrogens with zero attached hydrogens (tertiary/aromatic N) is 2. The van der Waals surface area contributed by atoms with Gasteiger partial charge in [-0.15, -0.1) is 23.1 Å². The van der Waals surface area contributed by atoms with Gasteiger partial charge < -0.3 is 4.74 Å². The van der Waals surface area contributed by atoms with E-state index in [1.807, 2.05) is 35.7 Å². The van der Waals surface area contributed by atoms with Crippen LogP contribution in [0.15, 0.2) is 35.7 Å². The van der Waals surface area contributed by atoms with E-state index in [1.165, 1.54) is 30.0 Å². The molecule has 2 aromatic rings. The quantitative estimate of drug-likeness (QED) is 0.714. The molecule has 0 fully saturated rings. The molecule has 0 spiro atoms. The van der Waals surface area contributed by atoms with E-state index in [9.17, 15) is 9.59 Å². The molecule has 0 atom stereocenters. The van der Waals surface area contributed by atoms with Crippen LogP contribution in [-0.4, -0.2) is 29.2 Å². The molecule has 23 heavy (non-hydrogen) atoms. The van der Waals surface area contributed by atoms with Crippen molar-refractivity contribution in [2.45, 2.75) is 19.6 Å². The summed E-state index contributed by atoms with van der Waals surface area (Å²) in [5.41, 5.74) is 1.64. The number of rotatable bonds is 7. The van der Waals surface area contributed by atoms with Crippen molar-refractivity contribution in [3.63, 3.8) is 0 Å². The molecule has 5 nitrogen and oxygen atoms in total. The summed E-state index contributed by atoms with van der Waals surface area (Å²) in [5, 5.41) is 2.54. The van der Waals surface area contributed by atoms with E-state index in [-0.39, 0.29) is 11.9 Å². The van der Waals surface area contributed by atoms with Gasteiger partial charge in [0.1, 0.15) is 0 Å². The first-order valence-electron chi connectivity index (χ1n) is 7.15. The Labute approximate surface area is 143 Å². The van der Waals surface area contributed by atoms with E-state index in [1.54, 1.807) is 11.8 Å². The molecule has 0 N–H and O–H groups in total. The normalized spacial score (nSPS) is 10.3. The third-order valence-corrected chi connectivity index (χ3v) is 4.65. The fourth-order valence-corrected chi connectivity index (χ4v) is 3.61. The van der Waals surface area contributed by atoms with Gasteiger partial charge in [-0.3, -0.25) is 14.5 Å². The zero-order chi connectivity index (χ0) is 16.7. The molecule has 0 unspecified atom stereocenters. The second-order valence-corrected chi connectivity index (χ2v) is 6.43. The van der Waals surface area contributed by atoms with Crippen LogP contribution in [0.2, 0.25) is 0 Å². The zero-order valence-electron chi connectivity index (χ0n) is 13.0. The highest BCUT2D eigenvalue weighted by molar-refractivity contribution is 7.99. The summed E-state index contributed by atoms with van der Waals surface area (Å²) in [6.07, 6.45) is 0. The van der Waals surface area contributed by atoms with Crippen molar-refractivity contribution in [2.24, 2.45) is 0 Å². The monoisotopic (exact) mass is 350 g/mol. The number of amides is 1. The van der Waals surface area contributed by atoms with Crippen LogP contribution < -0.4 is 4.90 Å². The Kier molecular flexibility index (Phi) is 6.61. The Morgan fingerprint density at radius 1 is 1.30 bits per heavy atom. The molecule has 0 radical (unpaired) electrons. The van der Waals surface area contributed by atoms with Crippen LogP contribution in [0.4, 0.5) is 10.8 Å². The van der Waals surface area contributed by atoms with Crippen LogP contribution in [-0.2, 0) is 20.1 Å². The van der Waals surface area contributed by atoms with Crippen LogP contribution in [0.25, 0.3) is 0 Å². The topological polar surface area (TPSA) is 59.5 Å². The minimum Gasteiger partial charge on any atom is -0.465 e. The van der Waals surface area contributed by atoms with Crippen LogP contribution in [0.1, 0.15) is 19.5 Å². The molecular formula is C16H18N2O3S2. The fourth-order valence-electron chi connectivity index (χ4n) is 1.91. The van der Waals surface area contributed by atoms with Gasteiger partial charge in [-0.05, 0) is 19.1 Å². The molecule has 0 saturated carbocycles. The number of hydrogen-bond acceptors (Lipinski definition) is 6. The number of carbonyl (C=O) groups excluding carboxylic acids is 2. The first-order chi connectivity index (χ1) is 11.1. The van der Waals surface area contributed by atoms with E-state index in [2.05, 4.69) is 4.98 Å². The summed E-state index contributed by atoms with van der Waals surface area (Å²) >= 11 is 2.86. The Balaban J connectivity index is 2.02. The van der Waals surface area contributed by atoms with Gasteiger partial charge in [-0.25, -0.2) is 4.98 Å². The van der Waals surface area contributed by atoms with Gasteiger partial charge in [0.05, 0.1) is 23.7 Å². The predicted molar refractivity (Wildman–Crippen MR) is 94.2 cm³/mol. The zero-order valence-corrected chi connectivity index (χ0v) is 14.7. The Morgan fingerprint density at radius 2 is 2.04 bits per heavy atom. The van der Waals surface area contributed by atoms with E-state index in [4.69, 9.17) is 4.74 Å². The lowest BCUT2D eigenvalue weighted by Gasteiger charge is -2.17. The molecule has 0 saturated heterocycles. The van der Waals surface area contributed by atoms with Gasteiger partial charge in [-0.1, -0.05) is 18.2 Å². The third-order valence-electron chi connectivity index (χ3n) is 2.84. The average molecular weight is 350 g/mol. The maximum atomic E-state index is 12.0. The van der Waals surface area contributed by atoms with Crippen LogP contribution in [0, 0.1) is 0 Å². The molecule has 0 aliphatic heterocycles. The summed E-state index contributed by atoms with van der Waals surface area (Å²) in [6, 6.07) is 9.42. The highest BCUT2D eigenvalue weighted by atomic mass is 32.2. The van der Waals surface area contributed by atoms with E-state index in [0.29, 0.717) is 23.2 Å². The van der Waals surface area contributed by atoms with E-state index < -0.39 is 0 Å². The largest absolute Gasteiger partial charge is 0.465 e. The minimum atomic E-state index is -0.220. The second kappa shape index (κ2) is 8.69. The van der Waals surface area contributed by atoms with Gasteiger partial charge in [-0.2, -0.15) is 0 Å². The molecule has 1 heterocycles. The standard InChI is InChI=1S/C16H18N2O3S2/c1-3-21-15(20)11-22-9-13-10-23-16(17-13)18(12(2)19)14-7-5-4-6-8-14/h4-8,10H,3,9,11H2,1-2H3. The van der Waals surface area contributed by atoms with Crippen LogP contribution in [0.5, 0.6) is 0 Å². The molecule has 1 aromatic carbocycles. The first-order valence-corrected chi connectivity index (χ1v) is 9.18. The summed E-state index contributed by atoms with van der Waals surface area (Å²) in [4.78, 5) is 29.4. The maximum Gasteiger partial charge on any atom is 0.315 e. The number of anilines is 2. The molecule has 1 aromatic heterocycles. The molecule has 7 heteroatoms. The molecule has 0 aliphatic carbocycles. The lowest BCUT2D eigenvalue weighted by molar-refractivity contribution is -0.139. The lowest BCUT2D eigenvalue weighted by Crippen LogP contribution is -2.22. The number of ether oxygens (including phenoxy) is 1. The van der Waals surface area contributed by atoms with Crippen molar-refractivity contribution in [2.75, 3.05) is 17.3 Å². The van der Waals surface area contributed by atoms with Crippen molar-refractivity contribution in [3.05, 3.63) is 41.4 Å². The number of hydrogen-bond donors (Lipinski definition) is 0. The highest BCUT2D eigenvalue weighted by Crippen LogP contribution is 2.29. The Morgan fingerprint density at radius 3 is 2.70 bits per heavy atom. The van der Waals surface area contributed by atoms with Gasteiger partial charge in [0, 0.05) is 18.1 Å². The number of benzene rings is 1. The smallest absolute Gasteiger partial charge is 0.315 e. The summed E-state index contributed by atoms with van der Waals surface area (Å²) < 4.78 is 4.88. The molecule has 1 amide bonds. The summed E-state index contributed by atoms with van der Waals surface area (Å²) in [5.74, 6) is 0.602. The Hall–Kier alpha value is -1.86. The van der Waals surface area contributed by atoms with Gasteiger partial charge in [0.15, 0.2) is 5.13 Å². The Bertz CT molecular complexity index is 658. The van der Waals surface area contributed by atoms with Crippen LogP contribution >= 0.6 is 23.1 Å². The molecule has 0 aliphatic rings. The molecule has 2 rings (SSSR count). The molecule has 122 valence electrons. The summed E-state index contributed by atoms with van der Waals surface area (Å²) in [6.45, 7) is 3.70. The van der Waals surface area contributed by atoms with E-state index >= 15 is 0 Å². The number of thioether (sulfide) groups is 1. The van der Waals surface area contributed by atoms with Crippen molar-refractivity contribution >= 4 is 45.8 Å². The van der Waals surface area contributed by atoms with Crippen molar-refractivity contribution in [1.82, 2.24) is 4.98 Å². The lowest BCUT2D eigenvalue weighted by atomic mass is 10.3. The van der Waals surface area contributed by atoms with Crippen molar-refractivity contribution in [3.8, 4) is 0 Å². The SMILES string of the molecule is CCOC(=O)CSCc1csc(N(C(C)=O)c2ccccc2)n1. The van der Waals surface area contributed by atoms with Gasteiger partial charge >= 0.3 is 5.97 Å². The number of aromatic nitrogens is 1. The molecule has 0 bridgehead atoms. The van der Waals surface area contributed by atoms with Gasteiger partial charge in [0.2, 0.25) is 5.91 Å². The second-order valence-electron chi connectivity index (χ2n) is 4.61. The molecular weight excluding hydrogens is 332 g/mol. The highest BCUT2D eigenvalue weighted by Gasteiger charge is 2.17. The third kappa shape index (κ3) is 5.07.